The summed E-state index contributed by atoms with van der Waals surface area (Å²) >= 11 is 0. The standard InChI is InChI=1S/C15H13N3O4S/c19-18(20)12-4-6-13(7-5-12)23(21,22)17-10-11-2-1-3-15-14(11)8-9-16-15/h1-9,16-17H,10H2. The van der Waals surface area contributed by atoms with E-state index in [1.807, 2.05) is 24.3 Å². The van der Waals surface area contributed by atoms with Gasteiger partial charge in [0.1, 0.15) is 0 Å². The number of hydrogen-bond acceptors (Lipinski definition) is 4. The minimum atomic E-state index is -3.74. The number of nitro groups is 1. The summed E-state index contributed by atoms with van der Waals surface area (Å²) in [7, 11) is -3.74. The van der Waals surface area contributed by atoms with Gasteiger partial charge in [0, 0.05) is 35.8 Å². The van der Waals surface area contributed by atoms with Crippen LogP contribution >= 0.6 is 0 Å². The summed E-state index contributed by atoms with van der Waals surface area (Å²) in [5.41, 5.74) is 1.62. The number of nitrogens with one attached hydrogen (secondary N) is 2. The van der Waals surface area contributed by atoms with E-state index in [0.29, 0.717) is 0 Å². The number of benzene rings is 2. The highest BCUT2D eigenvalue weighted by Gasteiger charge is 2.16. The van der Waals surface area contributed by atoms with Gasteiger partial charge in [-0.3, -0.25) is 10.1 Å². The van der Waals surface area contributed by atoms with Crippen LogP contribution in [0.1, 0.15) is 5.56 Å². The Bertz CT molecular complexity index is 962. The van der Waals surface area contributed by atoms with Crippen LogP contribution in [0.15, 0.2) is 59.6 Å². The molecule has 0 bridgehead atoms. The number of nitrogens with zero attached hydrogens (tertiary/aromatic N) is 1. The lowest BCUT2D eigenvalue weighted by molar-refractivity contribution is -0.384. The first-order chi connectivity index (χ1) is 11.0. The first kappa shape index (κ1) is 15.2. The maximum Gasteiger partial charge on any atom is 0.269 e. The number of fused-ring (bicyclic) bond motifs is 1. The average Bonchev–Trinajstić information content (AvgIpc) is 3.02. The topological polar surface area (TPSA) is 105 Å². The third kappa shape index (κ3) is 3.08. The number of aromatic nitrogens is 1. The van der Waals surface area contributed by atoms with Crippen LogP contribution in [0.25, 0.3) is 10.9 Å². The van der Waals surface area contributed by atoms with Gasteiger partial charge < -0.3 is 4.98 Å². The number of H-pyrrole nitrogens is 1. The molecular formula is C15H13N3O4S. The van der Waals surface area contributed by atoms with Gasteiger partial charge >= 0.3 is 0 Å². The van der Waals surface area contributed by atoms with Crippen molar-refractivity contribution in [2.75, 3.05) is 0 Å². The van der Waals surface area contributed by atoms with Crippen LogP contribution in [0.3, 0.4) is 0 Å². The molecule has 2 aromatic carbocycles. The van der Waals surface area contributed by atoms with E-state index in [-0.39, 0.29) is 17.1 Å². The minimum Gasteiger partial charge on any atom is -0.361 e. The van der Waals surface area contributed by atoms with Gasteiger partial charge in [-0.25, -0.2) is 13.1 Å². The normalized spacial score (nSPS) is 11.7. The summed E-state index contributed by atoms with van der Waals surface area (Å²) in [6.45, 7) is 0.133. The highest BCUT2D eigenvalue weighted by Crippen LogP contribution is 2.19. The molecule has 0 fully saturated rings. The second kappa shape index (κ2) is 5.82. The monoisotopic (exact) mass is 331 g/mol. The van der Waals surface area contributed by atoms with Crippen LogP contribution in [0.2, 0.25) is 0 Å². The number of hydrogen-bond donors (Lipinski definition) is 2. The minimum absolute atomic E-state index is 0.00987. The van der Waals surface area contributed by atoms with Crippen LogP contribution in [0, 0.1) is 10.1 Å². The third-order valence-electron chi connectivity index (χ3n) is 3.50. The maximum absolute atomic E-state index is 12.3. The fourth-order valence-electron chi connectivity index (χ4n) is 2.31. The molecule has 0 saturated carbocycles. The quantitative estimate of drug-likeness (QED) is 0.553. The van der Waals surface area contributed by atoms with Gasteiger partial charge in [0.2, 0.25) is 10.0 Å². The molecule has 0 saturated heterocycles. The summed E-state index contributed by atoms with van der Waals surface area (Å²) in [6, 6.07) is 12.2. The molecule has 7 nitrogen and oxygen atoms in total. The summed E-state index contributed by atoms with van der Waals surface area (Å²) < 4.78 is 27.1. The van der Waals surface area contributed by atoms with E-state index in [1.165, 1.54) is 24.3 Å². The molecule has 3 aromatic rings. The SMILES string of the molecule is O=[N+]([O-])c1ccc(S(=O)(=O)NCc2cccc3[nH]ccc23)cc1. The van der Waals surface area contributed by atoms with E-state index >= 15 is 0 Å². The zero-order valence-electron chi connectivity index (χ0n) is 11.9. The van der Waals surface area contributed by atoms with E-state index in [1.54, 1.807) is 6.20 Å². The average molecular weight is 331 g/mol. The van der Waals surface area contributed by atoms with Crippen LogP contribution in [0.5, 0.6) is 0 Å². The maximum atomic E-state index is 12.3. The Kier molecular flexibility index (Phi) is 3.85. The molecule has 8 heteroatoms. The van der Waals surface area contributed by atoms with E-state index in [4.69, 9.17) is 0 Å². The summed E-state index contributed by atoms with van der Waals surface area (Å²) in [5.74, 6) is 0. The second-order valence-electron chi connectivity index (χ2n) is 4.93. The Morgan fingerprint density at radius 3 is 2.52 bits per heavy atom. The molecule has 1 heterocycles. The third-order valence-corrected chi connectivity index (χ3v) is 4.91. The Balaban J connectivity index is 1.81. The van der Waals surface area contributed by atoms with Crippen LogP contribution in [0.4, 0.5) is 5.69 Å². The fourth-order valence-corrected chi connectivity index (χ4v) is 3.31. The molecule has 23 heavy (non-hydrogen) atoms. The molecule has 0 aliphatic rings. The number of nitro benzene ring substituents is 1. The van der Waals surface area contributed by atoms with Crippen molar-refractivity contribution in [3.63, 3.8) is 0 Å². The molecule has 0 unspecified atom stereocenters. The fraction of sp³-hybridized carbons (Fsp3) is 0.0667. The highest BCUT2D eigenvalue weighted by molar-refractivity contribution is 7.89. The number of rotatable bonds is 5. The van der Waals surface area contributed by atoms with Crippen molar-refractivity contribution >= 4 is 26.6 Å². The molecule has 0 atom stereocenters. The van der Waals surface area contributed by atoms with Gasteiger partial charge in [-0.1, -0.05) is 12.1 Å². The van der Waals surface area contributed by atoms with Crippen LogP contribution in [-0.4, -0.2) is 18.3 Å². The molecule has 1 aromatic heterocycles. The molecule has 0 radical (unpaired) electrons. The molecule has 118 valence electrons. The Hall–Kier alpha value is -2.71. The van der Waals surface area contributed by atoms with Crippen LogP contribution < -0.4 is 4.72 Å². The lowest BCUT2D eigenvalue weighted by Gasteiger charge is -2.08. The Morgan fingerprint density at radius 1 is 1.09 bits per heavy atom. The van der Waals surface area contributed by atoms with Gasteiger partial charge in [0.05, 0.1) is 9.82 Å². The van der Waals surface area contributed by atoms with Gasteiger partial charge in [-0.15, -0.1) is 0 Å². The highest BCUT2D eigenvalue weighted by atomic mass is 32.2. The van der Waals surface area contributed by atoms with E-state index < -0.39 is 14.9 Å². The van der Waals surface area contributed by atoms with Crippen molar-refractivity contribution in [3.8, 4) is 0 Å². The largest absolute Gasteiger partial charge is 0.361 e. The van der Waals surface area contributed by atoms with Crippen molar-refractivity contribution in [1.29, 1.82) is 0 Å². The predicted molar refractivity (Wildman–Crippen MR) is 85.4 cm³/mol. The molecule has 2 N–H and O–H groups in total. The van der Waals surface area contributed by atoms with Crippen LogP contribution in [-0.2, 0) is 16.6 Å². The molecular weight excluding hydrogens is 318 g/mol. The molecule has 0 aliphatic heterocycles. The Labute approximate surface area is 132 Å². The predicted octanol–water partition coefficient (Wildman–Crippen LogP) is 2.55. The van der Waals surface area contributed by atoms with Gasteiger partial charge in [0.25, 0.3) is 5.69 Å². The zero-order chi connectivity index (χ0) is 16.4. The molecule has 0 spiro atoms. The second-order valence-corrected chi connectivity index (χ2v) is 6.70. The van der Waals surface area contributed by atoms with Gasteiger partial charge in [-0.05, 0) is 29.8 Å². The van der Waals surface area contributed by atoms with Crippen molar-refractivity contribution in [1.82, 2.24) is 9.71 Å². The number of aromatic amines is 1. The number of non-ortho nitro benzene ring substituents is 1. The molecule has 3 rings (SSSR count). The first-order valence-corrected chi connectivity index (χ1v) is 8.25. The summed E-state index contributed by atoms with van der Waals surface area (Å²) in [6.07, 6.45) is 1.79. The van der Waals surface area contributed by atoms with E-state index in [0.717, 1.165) is 16.5 Å². The Morgan fingerprint density at radius 2 is 1.83 bits per heavy atom. The van der Waals surface area contributed by atoms with Gasteiger partial charge in [-0.2, -0.15) is 0 Å². The van der Waals surface area contributed by atoms with Gasteiger partial charge in [0.15, 0.2) is 0 Å². The van der Waals surface area contributed by atoms with Crippen molar-refractivity contribution in [2.45, 2.75) is 11.4 Å². The van der Waals surface area contributed by atoms with Crippen molar-refractivity contribution < 1.29 is 13.3 Å². The van der Waals surface area contributed by atoms with E-state index in [2.05, 4.69) is 9.71 Å². The number of sulfonamides is 1. The molecule has 0 aliphatic carbocycles. The van der Waals surface area contributed by atoms with Crippen molar-refractivity contribution in [3.05, 3.63) is 70.4 Å². The smallest absolute Gasteiger partial charge is 0.269 e. The molecule has 0 amide bonds. The van der Waals surface area contributed by atoms with E-state index in [9.17, 15) is 18.5 Å². The lowest BCUT2D eigenvalue weighted by atomic mass is 10.1. The first-order valence-electron chi connectivity index (χ1n) is 6.76. The lowest BCUT2D eigenvalue weighted by Crippen LogP contribution is -2.23. The summed E-state index contributed by atoms with van der Waals surface area (Å²) in [4.78, 5) is 13.1. The zero-order valence-corrected chi connectivity index (χ0v) is 12.7. The summed E-state index contributed by atoms with van der Waals surface area (Å²) in [5, 5.41) is 11.6. The van der Waals surface area contributed by atoms with Crippen molar-refractivity contribution in [2.24, 2.45) is 0 Å².